The summed E-state index contributed by atoms with van der Waals surface area (Å²) < 4.78 is 2.06. The molecule has 0 saturated heterocycles. The fourth-order valence-electron chi connectivity index (χ4n) is 5.98. The first-order chi connectivity index (χ1) is 21.7. The molecular formula is C40H36N4. The molecule has 4 aromatic carbocycles. The summed E-state index contributed by atoms with van der Waals surface area (Å²) in [6.07, 6.45) is 12.9. The van der Waals surface area contributed by atoms with E-state index in [1.807, 2.05) is 24.4 Å². The Morgan fingerprint density at radius 1 is 0.682 bits per heavy atom. The van der Waals surface area contributed by atoms with E-state index in [1.165, 1.54) is 16.9 Å². The van der Waals surface area contributed by atoms with Crippen LogP contribution in [0.4, 0.5) is 28.4 Å². The van der Waals surface area contributed by atoms with Gasteiger partial charge in [-0.15, -0.1) is 0 Å². The fourth-order valence-corrected chi connectivity index (χ4v) is 5.98. The Morgan fingerprint density at radius 3 is 1.91 bits per heavy atom. The van der Waals surface area contributed by atoms with Gasteiger partial charge < -0.3 is 14.2 Å². The summed E-state index contributed by atoms with van der Waals surface area (Å²) in [4.78, 5) is 9.52. The molecule has 2 aromatic heterocycles. The van der Waals surface area contributed by atoms with E-state index in [2.05, 4.69) is 156 Å². The van der Waals surface area contributed by atoms with Crippen molar-refractivity contribution in [2.24, 2.45) is 5.92 Å². The van der Waals surface area contributed by atoms with Crippen LogP contribution >= 0.6 is 0 Å². The van der Waals surface area contributed by atoms with Gasteiger partial charge in [-0.25, -0.2) is 4.98 Å². The molecular weight excluding hydrogens is 536 g/mol. The molecule has 0 fully saturated rings. The molecule has 4 heteroatoms. The number of rotatable bonds is 8. The molecule has 1 unspecified atom stereocenters. The lowest BCUT2D eigenvalue weighted by molar-refractivity contribution is 0.696. The van der Waals surface area contributed by atoms with Crippen LogP contribution in [0.3, 0.4) is 0 Å². The number of aryl methyl sites for hydroxylation is 1. The molecule has 1 aliphatic rings. The second kappa shape index (κ2) is 12.1. The van der Waals surface area contributed by atoms with Gasteiger partial charge in [0, 0.05) is 52.1 Å². The van der Waals surface area contributed by atoms with Crippen LogP contribution in [0.25, 0.3) is 16.9 Å². The number of hydrogen-bond donors (Lipinski definition) is 0. The predicted octanol–water partition coefficient (Wildman–Crippen LogP) is 10.7. The molecule has 1 atom stereocenters. The van der Waals surface area contributed by atoms with Crippen molar-refractivity contribution >= 4 is 34.1 Å². The number of allylic oxidation sites excluding steroid dienone is 4. The van der Waals surface area contributed by atoms with E-state index in [1.54, 1.807) is 0 Å². The molecule has 0 amide bonds. The topological polar surface area (TPSA) is 23.8 Å². The van der Waals surface area contributed by atoms with E-state index in [0.29, 0.717) is 5.92 Å². The highest BCUT2D eigenvalue weighted by Gasteiger charge is 2.19. The van der Waals surface area contributed by atoms with Crippen LogP contribution in [0.15, 0.2) is 158 Å². The molecule has 0 N–H and O–H groups in total. The number of para-hydroxylation sites is 1. The van der Waals surface area contributed by atoms with Crippen LogP contribution in [0.2, 0.25) is 0 Å². The summed E-state index contributed by atoms with van der Waals surface area (Å²) in [5.41, 5.74) is 11.3. The van der Waals surface area contributed by atoms with Gasteiger partial charge in [0.05, 0.1) is 5.69 Å². The highest BCUT2D eigenvalue weighted by atomic mass is 15.2. The van der Waals surface area contributed by atoms with Crippen LogP contribution < -0.4 is 9.80 Å². The summed E-state index contributed by atoms with van der Waals surface area (Å²) in [5.74, 6) is 0.504. The van der Waals surface area contributed by atoms with Crippen molar-refractivity contribution in [3.8, 4) is 11.3 Å². The Labute approximate surface area is 259 Å². The number of fused-ring (bicyclic) bond motifs is 1. The molecule has 216 valence electrons. The van der Waals surface area contributed by atoms with Gasteiger partial charge in [-0.1, -0.05) is 74.5 Å². The van der Waals surface area contributed by atoms with Crippen molar-refractivity contribution in [2.75, 3.05) is 9.80 Å². The zero-order chi connectivity index (χ0) is 29.9. The summed E-state index contributed by atoms with van der Waals surface area (Å²) in [7, 11) is 0. The molecule has 1 aliphatic carbocycles. The SMILES string of the molecule is CCc1ccc(N(C2=CC=CC(C)C2)c2ccc(N(c3ccccc3)c3ccc(-c4cn5ccccc5n4)cc3)cc2)cc1. The standard InChI is InChI=1S/C40H36N4/c1-3-31-15-19-34(20-16-31)44(38-13-9-10-30(2)28-38)37-25-23-36(24-26-37)43(33-11-5-4-6-12-33)35-21-17-32(18-22-35)39-29-42-27-8-7-14-40(42)41-39/h4-27,29-30H,3,28H2,1-2H3. The van der Waals surface area contributed by atoms with E-state index in [9.17, 15) is 0 Å². The van der Waals surface area contributed by atoms with Crippen LogP contribution in [0.1, 0.15) is 25.8 Å². The van der Waals surface area contributed by atoms with Gasteiger partial charge in [0.25, 0.3) is 0 Å². The maximum absolute atomic E-state index is 4.81. The number of benzene rings is 4. The van der Waals surface area contributed by atoms with E-state index < -0.39 is 0 Å². The monoisotopic (exact) mass is 572 g/mol. The van der Waals surface area contributed by atoms with Crippen LogP contribution in [0, 0.1) is 5.92 Å². The van der Waals surface area contributed by atoms with Crippen molar-refractivity contribution in [3.05, 3.63) is 163 Å². The first-order valence-electron chi connectivity index (χ1n) is 15.4. The maximum Gasteiger partial charge on any atom is 0.137 e. The Hall–Kier alpha value is -5.35. The third kappa shape index (κ3) is 5.55. The Bertz CT molecular complexity index is 1880. The lowest BCUT2D eigenvalue weighted by atomic mass is 9.98. The van der Waals surface area contributed by atoms with Gasteiger partial charge in [-0.3, -0.25) is 0 Å². The third-order valence-corrected chi connectivity index (χ3v) is 8.32. The third-order valence-electron chi connectivity index (χ3n) is 8.32. The summed E-state index contributed by atoms with van der Waals surface area (Å²) in [5, 5.41) is 0. The highest BCUT2D eigenvalue weighted by Crippen LogP contribution is 2.39. The average Bonchev–Trinajstić information content (AvgIpc) is 3.52. The van der Waals surface area contributed by atoms with Gasteiger partial charge in [0.1, 0.15) is 5.65 Å². The Morgan fingerprint density at radius 2 is 1.27 bits per heavy atom. The highest BCUT2D eigenvalue weighted by molar-refractivity contribution is 5.80. The predicted molar refractivity (Wildman–Crippen MR) is 184 cm³/mol. The fraction of sp³-hybridized carbons (Fsp3) is 0.125. The number of hydrogen-bond acceptors (Lipinski definition) is 3. The number of imidazole rings is 1. The number of nitrogens with zero attached hydrogens (tertiary/aromatic N) is 4. The average molecular weight is 573 g/mol. The van der Waals surface area contributed by atoms with Gasteiger partial charge in [0.2, 0.25) is 0 Å². The second-order valence-corrected chi connectivity index (χ2v) is 11.4. The first kappa shape index (κ1) is 27.5. The van der Waals surface area contributed by atoms with Gasteiger partial charge >= 0.3 is 0 Å². The molecule has 0 spiro atoms. The Kier molecular flexibility index (Phi) is 7.56. The zero-order valence-corrected chi connectivity index (χ0v) is 25.2. The normalized spacial score (nSPS) is 14.4. The minimum atomic E-state index is 0.504. The molecule has 4 nitrogen and oxygen atoms in total. The van der Waals surface area contributed by atoms with Crippen molar-refractivity contribution in [1.29, 1.82) is 0 Å². The summed E-state index contributed by atoms with van der Waals surface area (Å²) in [6.45, 7) is 4.48. The first-order valence-corrected chi connectivity index (χ1v) is 15.4. The molecule has 2 heterocycles. The lowest BCUT2D eigenvalue weighted by Crippen LogP contribution is -2.19. The molecule has 44 heavy (non-hydrogen) atoms. The maximum atomic E-state index is 4.81. The van der Waals surface area contributed by atoms with Crippen LogP contribution in [0.5, 0.6) is 0 Å². The largest absolute Gasteiger partial charge is 0.314 e. The van der Waals surface area contributed by atoms with Crippen LogP contribution in [-0.2, 0) is 6.42 Å². The molecule has 0 aliphatic heterocycles. The van der Waals surface area contributed by atoms with Crippen molar-refractivity contribution in [3.63, 3.8) is 0 Å². The van der Waals surface area contributed by atoms with E-state index >= 15 is 0 Å². The molecule has 0 radical (unpaired) electrons. The molecule has 7 rings (SSSR count). The second-order valence-electron chi connectivity index (χ2n) is 11.4. The van der Waals surface area contributed by atoms with Gasteiger partial charge in [-0.2, -0.15) is 0 Å². The van der Waals surface area contributed by atoms with Crippen molar-refractivity contribution < 1.29 is 0 Å². The van der Waals surface area contributed by atoms with E-state index in [-0.39, 0.29) is 0 Å². The van der Waals surface area contributed by atoms with Gasteiger partial charge in [-0.05, 0) is 103 Å². The Balaban J connectivity index is 1.24. The minimum Gasteiger partial charge on any atom is -0.314 e. The lowest BCUT2D eigenvalue weighted by Gasteiger charge is -2.31. The number of aromatic nitrogens is 2. The minimum absolute atomic E-state index is 0.504. The molecule has 6 aromatic rings. The molecule has 0 bridgehead atoms. The smallest absolute Gasteiger partial charge is 0.137 e. The number of pyridine rings is 1. The van der Waals surface area contributed by atoms with Crippen LogP contribution in [-0.4, -0.2) is 9.38 Å². The molecule has 0 saturated carbocycles. The zero-order valence-electron chi connectivity index (χ0n) is 25.2. The number of anilines is 5. The van der Waals surface area contributed by atoms with Crippen molar-refractivity contribution in [1.82, 2.24) is 9.38 Å². The van der Waals surface area contributed by atoms with E-state index in [0.717, 1.165) is 52.5 Å². The van der Waals surface area contributed by atoms with Gasteiger partial charge in [0.15, 0.2) is 0 Å². The summed E-state index contributed by atoms with van der Waals surface area (Å²) in [6, 6.07) is 43.2. The van der Waals surface area contributed by atoms with E-state index in [4.69, 9.17) is 4.98 Å². The van der Waals surface area contributed by atoms with Crippen molar-refractivity contribution in [2.45, 2.75) is 26.7 Å². The quantitative estimate of drug-likeness (QED) is 0.181. The summed E-state index contributed by atoms with van der Waals surface area (Å²) >= 11 is 0.